The van der Waals surface area contributed by atoms with Gasteiger partial charge in [-0.2, -0.15) is 0 Å². The maximum Gasteiger partial charge on any atom is 0.407 e. The van der Waals surface area contributed by atoms with Gasteiger partial charge in [-0.25, -0.2) is 9.18 Å². The zero-order valence-corrected chi connectivity index (χ0v) is 17.9. The smallest absolute Gasteiger partial charge is 0.407 e. The molecule has 0 bridgehead atoms. The number of alkyl carbamates (subject to hydrolysis) is 1. The fourth-order valence-electron chi connectivity index (χ4n) is 3.43. The number of fused-ring (bicyclic) bond motifs is 1. The molecule has 2 amide bonds. The molecule has 0 saturated carbocycles. The Hall–Kier alpha value is -3.19. The van der Waals surface area contributed by atoms with Crippen molar-refractivity contribution in [3.63, 3.8) is 0 Å². The minimum Gasteiger partial charge on any atom is -0.444 e. The highest BCUT2D eigenvalue weighted by molar-refractivity contribution is 6.08. The molecule has 0 aliphatic carbocycles. The number of amides is 2. The van der Waals surface area contributed by atoms with E-state index >= 15 is 0 Å². The average Bonchev–Trinajstić information content (AvgIpc) is 2.73. The average molecular weight is 426 g/mol. The third-order valence-electron chi connectivity index (χ3n) is 4.92. The number of anilines is 1. The molecule has 2 aromatic rings. The van der Waals surface area contributed by atoms with Crippen molar-refractivity contribution in [1.82, 2.24) is 5.32 Å². The summed E-state index contributed by atoms with van der Waals surface area (Å²) in [6, 6.07) is 14.4. The van der Waals surface area contributed by atoms with E-state index < -0.39 is 17.8 Å². The number of halogens is 1. The van der Waals surface area contributed by atoms with Crippen LogP contribution >= 0.6 is 0 Å². The molecule has 2 aromatic carbocycles. The summed E-state index contributed by atoms with van der Waals surface area (Å²) in [5.41, 5.74) is 1.95. The highest BCUT2D eigenvalue weighted by Crippen LogP contribution is 2.29. The summed E-state index contributed by atoms with van der Waals surface area (Å²) in [7, 11) is 0. The van der Waals surface area contributed by atoms with Crippen molar-refractivity contribution < 1.29 is 23.8 Å². The lowest BCUT2D eigenvalue weighted by Crippen LogP contribution is -2.37. The van der Waals surface area contributed by atoms with Crippen molar-refractivity contribution in [2.24, 2.45) is 0 Å². The van der Waals surface area contributed by atoms with Crippen LogP contribution < -0.4 is 10.2 Å². The second-order valence-corrected chi connectivity index (χ2v) is 8.40. The second-order valence-electron chi connectivity index (χ2n) is 8.40. The van der Waals surface area contributed by atoms with Crippen LogP contribution in [0.4, 0.5) is 14.9 Å². The van der Waals surface area contributed by atoms with E-state index in [0.29, 0.717) is 24.1 Å². The number of nitrogens with one attached hydrogen (secondary N) is 1. The molecule has 2 N–H and O–H groups in total. The van der Waals surface area contributed by atoms with Gasteiger partial charge < -0.3 is 20.1 Å². The molecule has 31 heavy (non-hydrogen) atoms. The minimum atomic E-state index is -1.26. The molecule has 1 heterocycles. The molecule has 0 radical (unpaired) electrons. The molecular formula is C24H27FN2O4. The number of hydrogen-bond acceptors (Lipinski definition) is 4. The highest BCUT2D eigenvalue weighted by Gasteiger charge is 2.27. The van der Waals surface area contributed by atoms with Gasteiger partial charge in [0.1, 0.15) is 11.7 Å². The summed E-state index contributed by atoms with van der Waals surface area (Å²) in [4.78, 5) is 26.4. The highest BCUT2D eigenvalue weighted by atomic mass is 19.1. The number of carbonyl (C=O) groups is 2. The van der Waals surface area contributed by atoms with E-state index in [2.05, 4.69) is 5.32 Å². The number of nitrogens with zero attached hydrogens (tertiary/aromatic N) is 1. The van der Waals surface area contributed by atoms with Gasteiger partial charge in [-0.1, -0.05) is 30.3 Å². The van der Waals surface area contributed by atoms with Crippen LogP contribution in [0.3, 0.4) is 0 Å². The number of aliphatic hydroxyl groups excluding tert-OH is 1. The summed E-state index contributed by atoms with van der Waals surface area (Å²) in [5.74, 6) is -0.110. The maximum atomic E-state index is 13.4. The molecule has 0 fully saturated rings. The Morgan fingerprint density at radius 1 is 1.26 bits per heavy atom. The SMILES string of the molecule is CC(C)(C)OC(=O)NC/C(=C/F)C(O)c1ccc2c(c1)CCN(c1ccccc1)C2=O. The maximum absolute atomic E-state index is 13.4. The first kappa shape index (κ1) is 22.5. The van der Waals surface area contributed by atoms with Gasteiger partial charge in [-0.15, -0.1) is 0 Å². The van der Waals surface area contributed by atoms with Crippen LogP contribution in [0.25, 0.3) is 0 Å². The van der Waals surface area contributed by atoms with Crippen molar-refractivity contribution in [3.05, 3.63) is 77.1 Å². The number of benzene rings is 2. The van der Waals surface area contributed by atoms with E-state index in [0.717, 1.165) is 11.3 Å². The van der Waals surface area contributed by atoms with Crippen molar-refractivity contribution >= 4 is 17.7 Å². The standard InChI is InChI=1S/C24H27FN2O4/c1-24(2,3)31-23(30)26-15-18(14-25)21(28)17-9-10-20-16(13-17)11-12-27(22(20)29)19-7-5-4-6-8-19/h4-10,13-14,21,28H,11-12,15H2,1-3H3,(H,26,30)/b18-14-. The molecule has 7 heteroatoms. The number of ether oxygens (including phenoxy) is 1. The van der Waals surface area contributed by atoms with Gasteiger partial charge in [0, 0.05) is 29.9 Å². The Labute approximate surface area is 181 Å². The van der Waals surface area contributed by atoms with Gasteiger partial charge in [0.2, 0.25) is 0 Å². The third kappa shape index (κ3) is 5.49. The van der Waals surface area contributed by atoms with E-state index in [1.54, 1.807) is 43.9 Å². The Balaban J connectivity index is 1.71. The number of para-hydroxylation sites is 1. The summed E-state index contributed by atoms with van der Waals surface area (Å²) in [5, 5.41) is 13.1. The van der Waals surface area contributed by atoms with Crippen LogP contribution in [-0.2, 0) is 11.2 Å². The van der Waals surface area contributed by atoms with Gasteiger partial charge >= 0.3 is 6.09 Å². The van der Waals surface area contributed by atoms with Gasteiger partial charge in [0.25, 0.3) is 5.91 Å². The Bertz CT molecular complexity index is 983. The van der Waals surface area contributed by atoms with Crippen molar-refractivity contribution in [2.45, 2.75) is 38.9 Å². The Kier molecular flexibility index (Phi) is 6.75. The fraction of sp³-hybridized carbons (Fsp3) is 0.333. The molecular weight excluding hydrogens is 399 g/mol. The molecule has 0 saturated heterocycles. The topological polar surface area (TPSA) is 78.9 Å². The van der Waals surface area contributed by atoms with Crippen molar-refractivity contribution in [1.29, 1.82) is 0 Å². The number of aliphatic hydroxyl groups is 1. The van der Waals surface area contributed by atoms with E-state index in [1.807, 2.05) is 30.3 Å². The monoisotopic (exact) mass is 426 g/mol. The molecule has 0 aromatic heterocycles. The predicted octanol–water partition coefficient (Wildman–Crippen LogP) is 4.30. The fourth-order valence-corrected chi connectivity index (χ4v) is 3.43. The number of rotatable bonds is 5. The molecule has 6 nitrogen and oxygen atoms in total. The quantitative estimate of drug-likeness (QED) is 0.747. The van der Waals surface area contributed by atoms with Gasteiger partial charge in [0.05, 0.1) is 6.33 Å². The van der Waals surface area contributed by atoms with Crippen LogP contribution in [0.1, 0.15) is 48.4 Å². The third-order valence-corrected chi connectivity index (χ3v) is 4.92. The summed E-state index contributed by atoms with van der Waals surface area (Å²) >= 11 is 0. The van der Waals surface area contributed by atoms with Gasteiger partial charge in [0.15, 0.2) is 0 Å². The lowest BCUT2D eigenvalue weighted by Gasteiger charge is -2.29. The molecule has 0 spiro atoms. The molecule has 1 atom stereocenters. The first-order chi connectivity index (χ1) is 14.7. The minimum absolute atomic E-state index is 0.0149. The van der Waals surface area contributed by atoms with E-state index in [9.17, 15) is 19.1 Å². The summed E-state index contributed by atoms with van der Waals surface area (Å²) in [6.07, 6.45) is -1.06. The predicted molar refractivity (Wildman–Crippen MR) is 117 cm³/mol. The van der Waals surface area contributed by atoms with Crippen LogP contribution in [0.5, 0.6) is 0 Å². The van der Waals surface area contributed by atoms with E-state index in [-0.39, 0.29) is 24.4 Å². The first-order valence-electron chi connectivity index (χ1n) is 10.1. The van der Waals surface area contributed by atoms with Crippen molar-refractivity contribution in [2.75, 3.05) is 18.0 Å². The Morgan fingerprint density at radius 3 is 2.61 bits per heavy atom. The number of carbonyl (C=O) groups excluding carboxylic acids is 2. The van der Waals surface area contributed by atoms with Crippen LogP contribution in [0, 0.1) is 0 Å². The van der Waals surface area contributed by atoms with E-state index in [4.69, 9.17) is 4.74 Å². The second kappa shape index (κ2) is 9.31. The number of hydrogen-bond donors (Lipinski definition) is 2. The Morgan fingerprint density at radius 2 is 1.97 bits per heavy atom. The van der Waals surface area contributed by atoms with Crippen LogP contribution in [0.2, 0.25) is 0 Å². The summed E-state index contributed by atoms with van der Waals surface area (Å²) in [6.45, 7) is 5.48. The van der Waals surface area contributed by atoms with Crippen molar-refractivity contribution in [3.8, 4) is 0 Å². The molecule has 1 aliphatic heterocycles. The first-order valence-corrected chi connectivity index (χ1v) is 10.1. The zero-order valence-electron chi connectivity index (χ0n) is 17.9. The normalized spacial score (nSPS) is 15.3. The van der Waals surface area contributed by atoms with Crippen LogP contribution in [-0.4, -0.2) is 35.8 Å². The molecule has 1 aliphatic rings. The molecule has 1 unspecified atom stereocenters. The van der Waals surface area contributed by atoms with Gasteiger partial charge in [-0.05, 0) is 56.5 Å². The van der Waals surface area contributed by atoms with E-state index in [1.165, 1.54) is 0 Å². The zero-order chi connectivity index (χ0) is 22.6. The summed E-state index contributed by atoms with van der Waals surface area (Å²) < 4.78 is 18.6. The lowest BCUT2D eigenvalue weighted by atomic mass is 9.93. The van der Waals surface area contributed by atoms with Gasteiger partial charge in [-0.3, -0.25) is 4.79 Å². The van der Waals surface area contributed by atoms with Crippen LogP contribution in [0.15, 0.2) is 60.4 Å². The lowest BCUT2D eigenvalue weighted by molar-refractivity contribution is 0.0529. The largest absolute Gasteiger partial charge is 0.444 e. The molecule has 164 valence electrons. The molecule has 3 rings (SSSR count).